The minimum atomic E-state index is -1.20. The molecule has 9 nitrogen and oxygen atoms in total. The molecular weight excluding hydrogens is 338 g/mol. The van der Waals surface area contributed by atoms with Crippen molar-refractivity contribution in [3.63, 3.8) is 0 Å². The van der Waals surface area contributed by atoms with E-state index in [4.69, 9.17) is 5.11 Å². The molecule has 3 atom stereocenters. The molecule has 0 saturated carbocycles. The van der Waals surface area contributed by atoms with Gasteiger partial charge in [-0.2, -0.15) is 0 Å². The molecule has 9 heteroatoms. The van der Waals surface area contributed by atoms with Crippen molar-refractivity contribution < 1.29 is 19.5 Å². The summed E-state index contributed by atoms with van der Waals surface area (Å²) in [6, 6.07) is 8.73. The van der Waals surface area contributed by atoms with Gasteiger partial charge in [0.05, 0.1) is 0 Å². The molecule has 0 spiro atoms. The number of para-hydroxylation sites is 1. The Morgan fingerprint density at radius 1 is 1.23 bits per heavy atom. The van der Waals surface area contributed by atoms with E-state index in [9.17, 15) is 14.4 Å². The van der Waals surface area contributed by atoms with E-state index in [-0.39, 0.29) is 6.29 Å². The summed E-state index contributed by atoms with van der Waals surface area (Å²) in [7, 11) is 1.60. The van der Waals surface area contributed by atoms with Crippen molar-refractivity contribution in [2.75, 3.05) is 31.6 Å². The number of carbonyl (C=O) groups excluding carboxylic acids is 2. The van der Waals surface area contributed by atoms with Crippen molar-refractivity contribution in [3.05, 3.63) is 30.3 Å². The number of anilines is 1. The van der Waals surface area contributed by atoms with Gasteiger partial charge in [0.25, 0.3) is 5.91 Å². The smallest absolute Gasteiger partial charge is 0.328 e. The van der Waals surface area contributed by atoms with Gasteiger partial charge in [0.15, 0.2) is 0 Å². The van der Waals surface area contributed by atoms with Crippen LogP contribution in [0.15, 0.2) is 30.3 Å². The van der Waals surface area contributed by atoms with Gasteiger partial charge in [-0.05, 0) is 18.6 Å². The third-order valence-electron chi connectivity index (χ3n) is 5.25. The van der Waals surface area contributed by atoms with Gasteiger partial charge in [-0.25, -0.2) is 4.79 Å². The average Bonchev–Trinajstić information content (AvgIpc) is 3.04. The van der Waals surface area contributed by atoms with Crippen LogP contribution in [-0.2, 0) is 9.59 Å². The second kappa shape index (κ2) is 6.26. The number of rotatable bonds is 3. The molecule has 1 aromatic carbocycles. The topological polar surface area (TPSA) is 96.4 Å². The second-order valence-corrected chi connectivity index (χ2v) is 6.76. The summed E-state index contributed by atoms with van der Waals surface area (Å²) in [6.07, 6.45) is 0.180. The van der Waals surface area contributed by atoms with Crippen LogP contribution in [0.4, 0.5) is 10.5 Å². The summed E-state index contributed by atoms with van der Waals surface area (Å²) in [5.41, 5.74) is 1.04. The van der Waals surface area contributed by atoms with Crippen LogP contribution in [0.2, 0.25) is 0 Å². The highest BCUT2D eigenvalue weighted by Gasteiger charge is 2.56. The number of imide groups is 1. The molecule has 0 bridgehead atoms. The number of amides is 3. The highest BCUT2D eigenvalue weighted by Crippen LogP contribution is 2.32. The molecule has 3 saturated heterocycles. The van der Waals surface area contributed by atoms with E-state index in [1.807, 2.05) is 35.2 Å². The Labute approximate surface area is 150 Å². The van der Waals surface area contributed by atoms with E-state index in [1.165, 1.54) is 4.90 Å². The number of hydrogen-bond acceptors (Lipinski definition) is 6. The maximum Gasteiger partial charge on any atom is 0.328 e. The molecule has 3 amide bonds. The number of nitrogens with one attached hydrogen (secondary N) is 1. The molecule has 2 N–H and O–H groups in total. The van der Waals surface area contributed by atoms with Crippen LogP contribution >= 0.6 is 0 Å². The van der Waals surface area contributed by atoms with Crippen molar-refractivity contribution in [1.29, 1.82) is 0 Å². The highest BCUT2D eigenvalue weighted by atomic mass is 16.4. The standard InChI is InChI=1S/C17H21N5O4/c1-19-14-13(15(25)22(17(19)26)10-12(23)24)21-9-5-8-20(16(21)18-14)11-6-3-2-4-7-11/h2-4,6-7,13-14,16,18H,5,8-10H2,1H3,(H,23,24). The van der Waals surface area contributed by atoms with Crippen molar-refractivity contribution in [2.24, 2.45) is 0 Å². The van der Waals surface area contributed by atoms with Crippen LogP contribution < -0.4 is 10.2 Å². The molecule has 3 heterocycles. The number of carbonyl (C=O) groups is 3. The van der Waals surface area contributed by atoms with Crippen LogP contribution in [0.1, 0.15) is 6.42 Å². The number of likely N-dealkylation sites (N-methyl/N-ethyl adjacent to an activating group) is 1. The van der Waals surface area contributed by atoms with Crippen LogP contribution in [0.3, 0.4) is 0 Å². The van der Waals surface area contributed by atoms with Crippen LogP contribution in [0.5, 0.6) is 0 Å². The van der Waals surface area contributed by atoms with Crippen molar-refractivity contribution in [3.8, 4) is 0 Å². The number of urea groups is 1. The minimum absolute atomic E-state index is 0.217. The van der Waals surface area contributed by atoms with E-state index < -0.39 is 36.7 Å². The first-order valence-electron chi connectivity index (χ1n) is 8.62. The Balaban J connectivity index is 1.65. The Hall–Kier alpha value is -2.65. The van der Waals surface area contributed by atoms with Gasteiger partial charge in [0.2, 0.25) is 0 Å². The molecule has 3 unspecified atom stereocenters. The van der Waals surface area contributed by atoms with E-state index in [1.54, 1.807) is 7.05 Å². The summed E-state index contributed by atoms with van der Waals surface area (Å²) in [4.78, 5) is 42.9. The third kappa shape index (κ3) is 2.51. The lowest BCUT2D eigenvalue weighted by atomic mass is 10.1. The third-order valence-corrected chi connectivity index (χ3v) is 5.25. The summed E-state index contributed by atoms with van der Waals surface area (Å²) < 4.78 is 0. The van der Waals surface area contributed by atoms with Gasteiger partial charge in [0.1, 0.15) is 25.0 Å². The van der Waals surface area contributed by atoms with Gasteiger partial charge in [-0.15, -0.1) is 0 Å². The minimum Gasteiger partial charge on any atom is -0.480 e. The first-order chi connectivity index (χ1) is 12.5. The van der Waals surface area contributed by atoms with Crippen LogP contribution in [-0.4, -0.2) is 82.9 Å². The first kappa shape index (κ1) is 16.8. The number of hydrogen-bond donors (Lipinski definition) is 2. The molecule has 0 aromatic heterocycles. The Kier molecular flexibility index (Phi) is 4.04. The molecule has 26 heavy (non-hydrogen) atoms. The first-order valence-corrected chi connectivity index (χ1v) is 8.62. The molecule has 3 fully saturated rings. The maximum atomic E-state index is 12.9. The van der Waals surface area contributed by atoms with Gasteiger partial charge in [-0.1, -0.05) is 18.2 Å². The molecule has 4 rings (SSSR count). The van der Waals surface area contributed by atoms with Gasteiger partial charge < -0.3 is 14.9 Å². The number of aliphatic carboxylic acids is 1. The predicted molar refractivity (Wildman–Crippen MR) is 92.1 cm³/mol. The van der Waals surface area contributed by atoms with Crippen LogP contribution in [0, 0.1) is 0 Å². The van der Waals surface area contributed by atoms with Crippen molar-refractivity contribution >= 4 is 23.6 Å². The normalized spacial score (nSPS) is 29.0. The number of benzene rings is 1. The molecular formula is C17H21N5O4. The average molecular weight is 359 g/mol. The fraction of sp³-hybridized carbons (Fsp3) is 0.471. The van der Waals surface area contributed by atoms with Crippen LogP contribution in [0.25, 0.3) is 0 Å². The Morgan fingerprint density at radius 2 is 1.96 bits per heavy atom. The lowest BCUT2D eigenvalue weighted by molar-refractivity contribution is -0.147. The largest absolute Gasteiger partial charge is 0.480 e. The zero-order valence-electron chi connectivity index (χ0n) is 14.4. The second-order valence-electron chi connectivity index (χ2n) is 6.76. The molecule has 138 valence electrons. The fourth-order valence-electron chi connectivity index (χ4n) is 4.08. The number of carboxylic acid groups (broad SMARTS) is 1. The summed E-state index contributed by atoms with van der Waals surface area (Å²) in [5, 5.41) is 12.4. The van der Waals surface area contributed by atoms with E-state index in [0.29, 0.717) is 6.54 Å². The molecule has 1 aromatic rings. The van der Waals surface area contributed by atoms with E-state index >= 15 is 0 Å². The Morgan fingerprint density at radius 3 is 2.65 bits per heavy atom. The molecule has 3 aliphatic rings. The lowest BCUT2D eigenvalue weighted by Crippen LogP contribution is -2.66. The van der Waals surface area contributed by atoms with E-state index in [0.717, 1.165) is 23.6 Å². The molecule has 0 aliphatic carbocycles. The SMILES string of the molecule is CN1C(=O)N(CC(=O)O)C(=O)C2C1NC1N(c3ccccc3)CCCN21. The van der Waals surface area contributed by atoms with Gasteiger partial charge in [0, 0.05) is 25.8 Å². The monoisotopic (exact) mass is 359 g/mol. The fourth-order valence-corrected chi connectivity index (χ4v) is 4.08. The molecule has 3 aliphatic heterocycles. The number of fused-ring (bicyclic) bond motifs is 3. The lowest BCUT2D eigenvalue weighted by Gasteiger charge is -2.43. The molecule has 0 radical (unpaired) electrons. The summed E-state index contributed by atoms with van der Waals surface area (Å²) >= 11 is 0. The number of carboxylic acids is 1. The maximum absolute atomic E-state index is 12.9. The zero-order chi connectivity index (χ0) is 18.4. The predicted octanol–water partition coefficient (Wildman–Crippen LogP) is -0.241. The highest BCUT2D eigenvalue weighted by molar-refractivity contribution is 6.02. The number of nitrogens with zero attached hydrogens (tertiary/aromatic N) is 4. The van der Waals surface area contributed by atoms with Crippen molar-refractivity contribution in [1.82, 2.24) is 20.0 Å². The van der Waals surface area contributed by atoms with Crippen molar-refractivity contribution in [2.45, 2.75) is 24.9 Å². The van der Waals surface area contributed by atoms with E-state index in [2.05, 4.69) is 10.2 Å². The summed E-state index contributed by atoms with van der Waals surface area (Å²) in [5.74, 6) is -1.66. The quantitative estimate of drug-likeness (QED) is 0.769. The van der Waals surface area contributed by atoms with Gasteiger partial charge >= 0.3 is 12.0 Å². The Bertz CT molecular complexity index is 742. The zero-order valence-corrected chi connectivity index (χ0v) is 14.4. The summed E-state index contributed by atoms with van der Waals surface area (Å²) in [6.45, 7) is 0.922. The van der Waals surface area contributed by atoms with Gasteiger partial charge in [-0.3, -0.25) is 24.7 Å².